The Morgan fingerprint density at radius 1 is 1.14 bits per heavy atom. The van der Waals surface area contributed by atoms with E-state index in [1.165, 1.54) is 38.0 Å². The lowest BCUT2D eigenvalue weighted by molar-refractivity contribution is 0.0601. The van der Waals surface area contributed by atoms with Gasteiger partial charge in [-0.05, 0) is 24.3 Å². The maximum absolute atomic E-state index is 14.4. The quantitative estimate of drug-likeness (QED) is 0.462. The second-order valence-corrected chi connectivity index (χ2v) is 6.70. The number of nitrogens with zero attached hydrogens (tertiary/aromatic N) is 5. The van der Waals surface area contributed by atoms with Crippen molar-refractivity contribution in [3.05, 3.63) is 64.9 Å². The standard InChI is InChI=1S/C19H12BrFN6O2/c1-29-19(28)12-9-22-5-4-14(12)25-18-15-17(24-7-6-23-15)26-16(27-18)11-8-10(20)2-3-13(11)21/h2-9H,1H3,(H,22,24,25,26,27). The van der Waals surface area contributed by atoms with Gasteiger partial charge in [-0.2, -0.15) is 0 Å². The molecule has 0 bridgehead atoms. The highest BCUT2D eigenvalue weighted by atomic mass is 79.9. The van der Waals surface area contributed by atoms with Crippen LogP contribution >= 0.6 is 15.9 Å². The van der Waals surface area contributed by atoms with Crippen molar-refractivity contribution >= 4 is 44.6 Å². The number of carbonyl (C=O) groups is 1. The second kappa shape index (κ2) is 7.84. The first-order chi connectivity index (χ1) is 14.1. The maximum atomic E-state index is 14.4. The minimum Gasteiger partial charge on any atom is -0.465 e. The lowest BCUT2D eigenvalue weighted by atomic mass is 10.2. The van der Waals surface area contributed by atoms with Crippen LogP contribution < -0.4 is 5.32 Å². The molecular weight excluding hydrogens is 443 g/mol. The fraction of sp³-hybridized carbons (Fsp3) is 0.0526. The summed E-state index contributed by atoms with van der Waals surface area (Å²) in [6, 6.07) is 6.06. The zero-order valence-electron chi connectivity index (χ0n) is 14.9. The largest absolute Gasteiger partial charge is 0.465 e. The molecule has 29 heavy (non-hydrogen) atoms. The van der Waals surface area contributed by atoms with Gasteiger partial charge in [-0.25, -0.2) is 29.1 Å². The number of rotatable bonds is 4. The van der Waals surface area contributed by atoms with E-state index in [4.69, 9.17) is 4.74 Å². The molecule has 0 aliphatic heterocycles. The van der Waals surface area contributed by atoms with E-state index in [-0.39, 0.29) is 28.4 Å². The molecule has 0 aliphatic carbocycles. The van der Waals surface area contributed by atoms with Gasteiger partial charge in [0.1, 0.15) is 11.4 Å². The molecule has 0 saturated carbocycles. The summed E-state index contributed by atoms with van der Waals surface area (Å²) in [4.78, 5) is 33.2. The van der Waals surface area contributed by atoms with Crippen molar-refractivity contribution < 1.29 is 13.9 Å². The van der Waals surface area contributed by atoms with Gasteiger partial charge in [-0.15, -0.1) is 0 Å². The molecule has 0 saturated heterocycles. The zero-order valence-corrected chi connectivity index (χ0v) is 16.5. The van der Waals surface area contributed by atoms with Crippen LogP contribution in [0.2, 0.25) is 0 Å². The van der Waals surface area contributed by atoms with E-state index in [2.05, 4.69) is 46.2 Å². The molecule has 4 rings (SSSR count). The second-order valence-electron chi connectivity index (χ2n) is 5.79. The summed E-state index contributed by atoms with van der Waals surface area (Å²) in [5, 5.41) is 3.05. The molecule has 10 heteroatoms. The molecule has 0 radical (unpaired) electrons. The molecule has 0 amide bonds. The fourth-order valence-corrected chi connectivity index (χ4v) is 3.00. The molecule has 1 aromatic carbocycles. The van der Waals surface area contributed by atoms with Gasteiger partial charge in [-0.1, -0.05) is 15.9 Å². The van der Waals surface area contributed by atoms with Crippen molar-refractivity contribution in [3.63, 3.8) is 0 Å². The number of ether oxygens (including phenoxy) is 1. The summed E-state index contributed by atoms with van der Waals surface area (Å²) in [7, 11) is 1.28. The third kappa shape index (κ3) is 3.74. The number of methoxy groups -OCH3 is 1. The van der Waals surface area contributed by atoms with E-state index >= 15 is 0 Å². The predicted octanol–water partition coefficient (Wildman–Crippen LogP) is 3.91. The Hall–Kier alpha value is -3.53. The number of carbonyl (C=O) groups excluding carboxylic acids is 1. The van der Waals surface area contributed by atoms with E-state index in [0.29, 0.717) is 15.7 Å². The molecule has 0 aliphatic rings. The molecule has 0 fully saturated rings. The van der Waals surface area contributed by atoms with Crippen molar-refractivity contribution in [2.75, 3.05) is 12.4 Å². The Labute approximate surface area is 172 Å². The molecule has 3 aromatic heterocycles. The monoisotopic (exact) mass is 454 g/mol. The van der Waals surface area contributed by atoms with Gasteiger partial charge in [0.05, 0.1) is 18.4 Å². The first-order valence-electron chi connectivity index (χ1n) is 8.30. The third-order valence-electron chi connectivity index (χ3n) is 3.98. The van der Waals surface area contributed by atoms with Crippen molar-refractivity contribution in [2.45, 2.75) is 0 Å². The summed E-state index contributed by atoms with van der Waals surface area (Å²) in [6.45, 7) is 0. The Kier molecular flexibility index (Phi) is 5.09. The minimum atomic E-state index is -0.566. The number of aromatic nitrogens is 5. The molecule has 144 valence electrons. The van der Waals surface area contributed by atoms with Gasteiger partial charge in [0.15, 0.2) is 22.8 Å². The SMILES string of the molecule is COC(=O)c1cnccc1Nc1nc(-c2cc(Br)ccc2F)nc2nccnc12. The summed E-state index contributed by atoms with van der Waals surface area (Å²) < 4.78 is 19.9. The molecule has 0 unspecified atom stereocenters. The molecule has 1 N–H and O–H groups in total. The third-order valence-corrected chi connectivity index (χ3v) is 4.47. The first-order valence-corrected chi connectivity index (χ1v) is 9.09. The van der Waals surface area contributed by atoms with Crippen molar-refractivity contribution in [1.29, 1.82) is 0 Å². The van der Waals surface area contributed by atoms with Gasteiger partial charge in [0.2, 0.25) is 0 Å². The number of pyridine rings is 1. The average Bonchev–Trinajstić information content (AvgIpc) is 2.75. The van der Waals surface area contributed by atoms with Gasteiger partial charge < -0.3 is 10.1 Å². The lowest BCUT2D eigenvalue weighted by Crippen LogP contribution is -2.08. The van der Waals surface area contributed by atoms with Crippen LogP contribution in [0.5, 0.6) is 0 Å². The average molecular weight is 455 g/mol. The molecule has 0 spiro atoms. The van der Waals surface area contributed by atoms with E-state index < -0.39 is 11.8 Å². The Morgan fingerprint density at radius 2 is 1.97 bits per heavy atom. The van der Waals surface area contributed by atoms with Crippen molar-refractivity contribution in [1.82, 2.24) is 24.9 Å². The lowest BCUT2D eigenvalue weighted by Gasteiger charge is -2.12. The highest BCUT2D eigenvalue weighted by Gasteiger charge is 2.18. The first kappa shape index (κ1) is 18.8. The van der Waals surface area contributed by atoms with Crippen LogP contribution in [0.4, 0.5) is 15.9 Å². The Bertz CT molecular complexity index is 1240. The molecule has 4 aromatic rings. The van der Waals surface area contributed by atoms with Gasteiger partial charge in [0, 0.05) is 29.3 Å². The summed E-state index contributed by atoms with van der Waals surface area (Å²) in [5.74, 6) is -0.674. The van der Waals surface area contributed by atoms with Crippen molar-refractivity contribution in [3.8, 4) is 11.4 Å². The fourth-order valence-electron chi connectivity index (χ4n) is 2.64. The summed E-state index contributed by atoms with van der Waals surface area (Å²) >= 11 is 3.32. The number of benzene rings is 1. The number of halogens is 2. The van der Waals surface area contributed by atoms with Crippen LogP contribution in [0.3, 0.4) is 0 Å². The van der Waals surface area contributed by atoms with Gasteiger partial charge in [-0.3, -0.25) is 4.98 Å². The van der Waals surface area contributed by atoms with Gasteiger partial charge >= 0.3 is 5.97 Å². The number of anilines is 2. The Morgan fingerprint density at radius 3 is 2.79 bits per heavy atom. The summed E-state index contributed by atoms with van der Waals surface area (Å²) in [6.07, 6.45) is 5.85. The minimum absolute atomic E-state index is 0.118. The summed E-state index contributed by atoms with van der Waals surface area (Å²) in [5.41, 5.74) is 1.43. The van der Waals surface area contributed by atoms with Gasteiger partial charge in [0.25, 0.3) is 0 Å². The van der Waals surface area contributed by atoms with E-state index in [9.17, 15) is 9.18 Å². The van der Waals surface area contributed by atoms with Crippen LogP contribution in [-0.2, 0) is 4.74 Å². The van der Waals surface area contributed by atoms with Crippen LogP contribution in [-0.4, -0.2) is 38.0 Å². The van der Waals surface area contributed by atoms with Crippen LogP contribution in [0.25, 0.3) is 22.6 Å². The Balaban J connectivity index is 1.89. The van der Waals surface area contributed by atoms with E-state index in [1.54, 1.807) is 18.2 Å². The number of hydrogen-bond acceptors (Lipinski definition) is 8. The highest BCUT2D eigenvalue weighted by molar-refractivity contribution is 9.10. The van der Waals surface area contributed by atoms with Crippen LogP contribution in [0.1, 0.15) is 10.4 Å². The van der Waals surface area contributed by atoms with Crippen LogP contribution in [0.15, 0.2) is 53.5 Å². The number of nitrogens with one attached hydrogen (secondary N) is 1. The number of esters is 1. The molecular formula is C19H12BrFN6O2. The van der Waals surface area contributed by atoms with Crippen LogP contribution in [0, 0.1) is 5.82 Å². The molecule has 3 heterocycles. The zero-order chi connectivity index (χ0) is 20.4. The van der Waals surface area contributed by atoms with Crippen molar-refractivity contribution in [2.24, 2.45) is 0 Å². The number of hydrogen-bond donors (Lipinski definition) is 1. The molecule has 0 atom stereocenters. The molecule has 8 nitrogen and oxygen atoms in total. The predicted molar refractivity (Wildman–Crippen MR) is 107 cm³/mol. The maximum Gasteiger partial charge on any atom is 0.341 e. The topological polar surface area (TPSA) is 103 Å². The smallest absolute Gasteiger partial charge is 0.341 e. The normalized spacial score (nSPS) is 10.7. The highest BCUT2D eigenvalue weighted by Crippen LogP contribution is 2.29. The number of fused-ring (bicyclic) bond motifs is 1. The van der Waals surface area contributed by atoms with E-state index in [0.717, 1.165) is 0 Å². The van der Waals surface area contributed by atoms with E-state index in [1.807, 2.05) is 0 Å².